The van der Waals surface area contributed by atoms with Crippen LogP contribution in [-0.4, -0.2) is 67.7 Å². The summed E-state index contributed by atoms with van der Waals surface area (Å²) < 4.78 is 0. The maximum atomic E-state index is 13.4. The van der Waals surface area contributed by atoms with Crippen molar-refractivity contribution in [1.82, 2.24) is 9.80 Å². The van der Waals surface area contributed by atoms with Crippen LogP contribution in [0.5, 0.6) is 0 Å². The highest BCUT2D eigenvalue weighted by Gasteiger charge is 2.45. The van der Waals surface area contributed by atoms with Crippen LogP contribution in [0.2, 0.25) is 0 Å². The predicted molar refractivity (Wildman–Crippen MR) is 177 cm³/mol. The highest BCUT2D eigenvalue weighted by molar-refractivity contribution is 8.15. The Morgan fingerprint density at radius 1 is 0.652 bits per heavy atom. The molecule has 5 rings (SSSR count). The first-order valence-corrected chi connectivity index (χ1v) is 16.0. The molecule has 2 heterocycles. The van der Waals surface area contributed by atoms with Gasteiger partial charge in [-0.05, 0) is 83.9 Å². The van der Waals surface area contributed by atoms with Gasteiger partial charge in [-0.3, -0.25) is 38.6 Å². The average molecular weight is 661 g/mol. The van der Waals surface area contributed by atoms with Gasteiger partial charge in [-0.1, -0.05) is 48.5 Å². The highest BCUT2D eigenvalue weighted by Crippen LogP contribution is 2.35. The summed E-state index contributed by atoms with van der Waals surface area (Å²) in [6, 6.07) is 21.4. The molecule has 4 N–H and O–H groups in total. The van der Waals surface area contributed by atoms with Gasteiger partial charge in [-0.2, -0.15) is 0 Å². The third kappa shape index (κ3) is 7.18. The van der Waals surface area contributed by atoms with Gasteiger partial charge in [0.2, 0.25) is 11.8 Å². The molecule has 0 unspecified atom stereocenters. The van der Waals surface area contributed by atoms with Crippen LogP contribution in [0.3, 0.4) is 0 Å². The lowest BCUT2D eigenvalue weighted by atomic mass is 10.1. The monoisotopic (exact) mass is 660 g/mol. The second-order valence-electron chi connectivity index (χ2n) is 11.0. The molecule has 2 aliphatic heterocycles. The van der Waals surface area contributed by atoms with Crippen molar-refractivity contribution >= 4 is 69.0 Å². The number of imide groups is 2. The Labute approximate surface area is 274 Å². The van der Waals surface area contributed by atoms with E-state index in [0.29, 0.717) is 22.5 Å². The molecule has 238 valence electrons. The molecule has 2 saturated heterocycles. The molecule has 14 heteroatoms. The molecule has 0 radical (unpaired) electrons. The Kier molecular flexibility index (Phi) is 9.68. The van der Waals surface area contributed by atoms with Gasteiger partial charge >= 0.3 is 0 Å². The topological polar surface area (TPSA) is 167 Å². The molecule has 6 amide bonds. The van der Waals surface area contributed by atoms with Crippen molar-refractivity contribution in [3.63, 3.8) is 0 Å². The van der Waals surface area contributed by atoms with Crippen molar-refractivity contribution in [2.75, 3.05) is 22.9 Å². The minimum Gasteiger partial charge on any atom is -0.368 e. The second kappa shape index (κ2) is 13.7. The fourth-order valence-corrected chi connectivity index (χ4v) is 7.28. The van der Waals surface area contributed by atoms with Crippen LogP contribution in [0.25, 0.3) is 0 Å². The maximum Gasteiger partial charge on any atom is 0.291 e. The van der Waals surface area contributed by atoms with Crippen molar-refractivity contribution < 1.29 is 28.8 Å². The fourth-order valence-electron chi connectivity index (χ4n) is 5.23. The molecule has 0 spiro atoms. The number of benzene rings is 3. The van der Waals surface area contributed by atoms with Gasteiger partial charge in [0.25, 0.3) is 22.3 Å². The molecule has 3 aromatic rings. The van der Waals surface area contributed by atoms with Crippen molar-refractivity contribution in [3.8, 4) is 0 Å². The van der Waals surface area contributed by atoms with E-state index in [2.05, 4.69) is 0 Å². The Balaban J connectivity index is 1.26. The molecule has 2 aliphatic rings. The average Bonchev–Trinajstić information content (AvgIpc) is 3.44. The number of hydrogen-bond donors (Lipinski definition) is 2. The summed E-state index contributed by atoms with van der Waals surface area (Å²) in [6.45, 7) is 3.29. The molecule has 0 aromatic heterocycles. The van der Waals surface area contributed by atoms with E-state index in [1.54, 1.807) is 48.5 Å². The quantitative estimate of drug-likeness (QED) is 0.294. The number of carbonyl (C=O) groups excluding carboxylic acids is 6. The number of hydrogen-bond acceptors (Lipinski definition) is 10. The maximum absolute atomic E-state index is 13.4. The Bertz CT molecular complexity index is 1590. The Morgan fingerprint density at radius 2 is 1.02 bits per heavy atom. The highest BCUT2D eigenvalue weighted by atomic mass is 32.2. The van der Waals surface area contributed by atoms with Crippen molar-refractivity contribution in [1.29, 1.82) is 0 Å². The van der Waals surface area contributed by atoms with E-state index in [-0.39, 0.29) is 26.2 Å². The molecule has 3 aromatic carbocycles. The molecule has 2 fully saturated rings. The molecule has 2 atom stereocenters. The van der Waals surface area contributed by atoms with E-state index in [1.807, 2.05) is 38.1 Å². The molecule has 0 bridgehead atoms. The number of nitrogens with two attached hydrogens (primary N) is 2. The predicted octanol–water partition coefficient (Wildman–Crippen LogP) is 3.33. The van der Waals surface area contributed by atoms with E-state index in [0.717, 1.165) is 44.5 Å². The van der Waals surface area contributed by atoms with E-state index in [9.17, 15) is 28.8 Å². The minimum absolute atomic E-state index is 0.00224. The summed E-state index contributed by atoms with van der Waals surface area (Å²) in [4.78, 5) is 81.7. The second-order valence-corrected chi connectivity index (χ2v) is 13.1. The number of nitrogens with zero attached hydrogens (tertiary/aromatic N) is 4. The fraction of sp³-hybridized carbons (Fsp3) is 0.250. The van der Waals surface area contributed by atoms with Crippen molar-refractivity contribution in [3.05, 3.63) is 95.1 Å². The van der Waals surface area contributed by atoms with Crippen molar-refractivity contribution in [2.45, 2.75) is 37.7 Å². The standard InChI is InChI=1S/C32H32N6O6S2/c1-19-5-3-7-23(13-19)35(17-25(33)39)29-27(41)37(31(43)45-29)15-21-9-11-22(12-10-21)16-38-28(42)30(46-32(38)44)36(18-26(34)40)24-8-4-6-20(2)14-24/h3-14,29-30H,15-18H2,1-2H3,(H2,33,39)(H2,34,40)/t29-,30-/m1/s1. The summed E-state index contributed by atoms with van der Waals surface area (Å²) in [5.74, 6) is -2.20. The Hall–Kier alpha value is -4.82. The summed E-state index contributed by atoms with van der Waals surface area (Å²) in [6.07, 6.45) is 0. The van der Waals surface area contributed by atoms with Gasteiger partial charge in [0.15, 0.2) is 10.7 Å². The number of aryl methyl sites for hydroxylation is 2. The van der Waals surface area contributed by atoms with E-state index < -0.39 is 44.9 Å². The lowest BCUT2D eigenvalue weighted by molar-refractivity contribution is -0.128. The van der Waals surface area contributed by atoms with Crippen LogP contribution in [0.1, 0.15) is 22.3 Å². The third-order valence-electron chi connectivity index (χ3n) is 7.41. The number of rotatable bonds is 12. The van der Waals surface area contributed by atoms with Gasteiger partial charge in [0.1, 0.15) is 0 Å². The summed E-state index contributed by atoms with van der Waals surface area (Å²) in [5.41, 5.74) is 15.3. The molecular weight excluding hydrogens is 629 g/mol. The first-order valence-electron chi connectivity index (χ1n) is 14.3. The Morgan fingerprint density at radius 3 is 1.35 bits per heavy atom. The molecule has 12 nitrogen and oxygen atoms in total. The van der Waals surface area contributed by atoms with Crippen LogP contribution < -0.4 is 21.3 Å². The largest absolute Gasteiger partial charge is 0.368 e. The smallest absolute Gasteiger partial charge is 0.291 e. The van der Waals surface area contributed by atoms with Crippen LogP contribution in [-0.2, 0) is 32.3 Å². The van der Waals surface area contributed by atoms with Crippen molar-refractivity contribution in [2.24, 2.45) is 11.5 Å². The zero-order valence-corrected chi connectivity index (χ0v) is 26.8. The number of anilines is 2. The van der Waals surface area contributed by atoms with E-state index in [4.69, 9.17) is 11.5 Å². The van der Waals surface area contributed by atoms with Crippen LogP contribution in [0, 0.1) is 13.8 Å². The van der Waals surface area contributed by atoms with Gasteiger partial charge in [-0.15, -0.1) is 0 Å². The van der Waals surface area contributed by atoms with Crippen LogP contribution in [0.4, 0.5) is 21.0 Å². The first kappa shape index (κ1) is 32.6. The summed E-state index contributed by atoms with van der Waals surface area (Å²) >= 11 is 1.64. The molecule has 46 heavy (non-hydrogen) atoms. The number of amides is 6. The van der Waals surface area contributed by atoms with E-state index in [1.165, 1.54) is 9.80 Å². The number of thioether (sulfide) groups is 2. The molecule has 0 aliphatic carbocycles. The third-order valence-corrected chi connectivity index (χ3v) is 9.61. The van der Waals surface area contributed by atoms with Gasteiger partial charge < -0.3 is 21.3 Å². The summed E-state index contributed by atoms with van der Waals surface area (Å²) in [5, 5.41) is -2.81. The molecular formula is C32H32N6O6S2. The van der Waals surface area contributed by atoms with Gasteiger partial charge in [-0.25, -0.2) is 0 Å². The lowest BCUT2D eigenvalue weighted by Crippen LogP contribution is -2.45. The normalized spacial score (nSPS) is 18.0. The summed E-state index contributed by atoms with van der Waals surface area (Å²) in [7, 11) is 0. The van der Waals surface area contributed by atoms with Crippen LogP contribution in [0.15, 0.2) is 72.8 Å². The van der Waals surface area contributed by atoms with Gasteiger partial charge in [0, 0.05) is 11.4 Å². The minimum atomic E-state index is -0.951. The molecule has 0 saturated carbocycles. The zero-order chi connectivity index (χ0) is 33.1. The van der Waals surface area contributed by atoms with E-state index >= 15 is 0 Å². The number of primary amides is 2. The number of carbonyl (C=O) groups is 6. The first-order chi connectivity index (χ1) is 21.9. The van der Waals surface area contributed by atoms with Crippen LogP contribution >= 0.6 is 23.5 Å². The van der Waals surface area contributed by atoms with Gasteiger partial charge in [0.05, 0.1) is 26.2 Å². The zero-order valence-electron chi connectivity index (χ0n) is 25.1. The lowest BCUT2D eigenvalue weighted by Gasteiger charge is -2.28. The SMILES string of the molecule is Cc1cccc(N(CC(N)=O)[C@@H]2SC(=O)N(Cc3ccc(CN4C(=O)S[C@@H](N(CC(N)=O)c5cccc(C)c5)C4=O)cc3)C2=O)c1.